The van der Waals surface area contributed by atoms with Gasteiger partial charge in [0, 0.05) is 38.6 Å². The normalized spacial score (nSPS) is 12.5. The van der Waals surface area contributed by atoms with Gasteiger partial charge in [-0.2, -0.15) is 0 Å². The number of carboxylic acids is 2. The molecule has 2 atom stereocenters. The highest BCUT2D eigenvalue weighted by molar-refractivity contribution is 5.84. The predicted octanol–water partition coefficient (Wildman–Crippen LogP) is 6.35. The van der Waals surface area contributed by atoms with E-state index in [0.717, 1.165) is 96.3 Å². The van der Waals surface area contributed by atoms with E-state index < -0.39 is 23.9 Å². The summed E-state index contributed by atoms with van der Waals surface area (Å²) in [5.41, 5.74) is 5.93. The van der Waals surface area contributed by atoms with E-state index in [1.165, 1.54) is 0 Å². The van der Waals surface area contributed by atoms with Gasteiger partial charge in [-0.05, 0) is 38.5 Å². The number of Topliss-reactive ketones (excluding diaryl/α,β-unsaturated/α-hetero) is 2. The predicted molar refractivity (Wildman–Crippen MR) is 162 cm³/mol. The van der Waals surface area contributed by atoms with Crippen LogP contribution in [0, 0.1) is 5.92 Å². The largest absolute Gasteiger partial charge is 0.481 e. The van der Waals surface area contributed by atoms with Crippen LogP contribution in [-0.2, 0) is 24.0 Å². The Morgan fingerprint density at radius 2 is 1.12 bits per heavy atom. The zero-order valence-corrected chi connectivity index (χ0v) is 25.6. The van der Waals surface area contributed by atoms with Gasteiger partial charge in [0.1, 0.15) is 11.6 Å². The van der Waals surface area contributed by atoms with Gasteiger partial charge in [0.05, 0.1) is 12.0 Å². The third kappa shape index (κ3) is 25.2. The average Bonchev–Trinajstić information content (AvgIpc) is 2.93. The Balaban J connectivity index is 3.85. The minimum atomic E-state index is -1.02. The van der Waals surface area contributed by atoms with Gasteiger partial charge in [0.25, 0.3) is 0 Å². The van der Waals surface area contributed by atoms with Crippen LogP contribution < -0.4 is 11.1 Å². The monoisotopic (exact) mass is 582 g/mol. The molecule has 0 saturated heterocycles. The number of aliphatic carboxylic acids is 2. The minimum absolute atomic E-state index is 0.0110. The van der Waals surface area contributed by atoms with Crippen molar-refractivity contribution >= 4 is 29.4 Å². The number of nitrogens with one attached hydrogen (secondary N) is 1. The van der Waals surface area contributed by atoms with Crippen molar-refractivity contribution in [1.29, 1.82) is 0 Å². The van der Waals surface area contributed by atoms with E-state index in [9.17, 15) is 29.1 Å². The van der Waals surface area contributed by atoms with Gasteiger partial charge in [0.15, 0.2) is 0 Å². The molecule has 0 bridgehead atoms. The maximum Gasteiger partial charge on any atom is 0.306 e. The number of rotatable bonds is 30. The maximum atomic E-state index is 12.3. The average molecular weight is 583 g/mol. The van der Waals surface area contributed by atoms with E-state index >= 15 is 0 Å². The number of unbranched alkanes of at least 4 members (excludes halogenated alkanes) is 13. The number of nitrogens with two attached hydrogens (primary N) is 1. The van der Waals surface area contributed by atoms with Crippen LogP contribution >= 0.6 is 0 Å². The van der Waals surface area contributed by atoms with Crippen LogP contribution in [0.5, 0.6) is 0 Å². The summed E-state index contributed by atoms with van der Waals surface area (Å²) in [4.78, 5) is 58.6. The van der Waals surface area contributed by atoms with E-state index in [1.54, 1.807) is 0 Å². The summed E-state index contributed by atoms with van der Waals surface area (Å²) in [7, 11) is 0. The molecule has 0 aromatic carbocycles. The number of carbonyl (C=O) groups is 5. The van der Waals surface area contributed by atoms with Crippen LogP contribution in [0.25, 0.3) is 0 Å². The fourth-order valence-electron chi connectivity index (χ4n) is 4.87. The van der Waals surface area contributed by atoms with Crippen LogP contribution in [0.1, 0.15) is 155 Å². The molecule has 0 aromatic rings. The number of carboxylic acid groups (broad SMARTS) is 2. The second-order valence-corrected chi connectivity index (χ2v) is 11.5. The van der Waals surface area contributed by atoms with Crippen LogP contribution in [0.15, 0.2) is 0 Å². The third-order valence-electron chi connectivity index (χ3n) is 7.58. The lowest BCUT2D eigenvalue weighted by Gasteiger charge is -2.12. The lowest BCUT2D eigenvalue weighted by Crippen LogP contribution is -2.40. The smallest absolute Gasteiger partial charge is 0.306 e. The number of carbonyl (C=O) groups excluding carboxylic acids is 3. The lowest BCUT2D eigenvalue weighted by molar-refractivity contribution is -0.144. The molecule has 0 rings (SSSR count). The van der Waals surface area contributed by atoms with E-state index in [0.29, 0.717) is 32.2 Å². The second-order valence-electron chi connectivity index (χ2n) is 11.5. The molecule has 9 nitrogen and oxygen atoms in total. The molecule has 0 aliphatic rings. The molecule has 0 aliphatic carbocycles. The molecule has 0 heterocycles. The number of amides is 1. The van der Waals surface area contributed by atoms with Gasteiger partial charge in [-0.1, -0.05) is 84.0 Å². The van der Waals surface area contributed by atoms with Crippen molar-refractivity contribution in [2.75, 3.05) is 6.54 Å². The van der Waals surface area contributed by atoms with Gasteiger partial charge in [-0.25, -0.2) is 0 Å². The van der Waals surface area contributed by atoms with Gasteiger partial charge in [-0.3, -0.25) is 24.0 Å². The topological polar surface area (TPSA) is 164 Å². The molecule has 238 valence electrons. The number of hydrogen-bond acceptors (Lipinski definition) is 6. The van der Waals surface area contributed by atoms with Crippen molar-refractivity contribution in [3.8, 4) is 0 Å². The zero-order chi connectivity index (χ0) is 30.7. The van der Waals surface area contributed by atoms with Crippen LogP contribution in [0.3, 0.4) is 0 Å². The highest BCUT2D eigenvalue weighted by Gasteiger charge is 2.22. The molecule has 0 fully saturated rings. The molecular weight excluding hydrogens is 524 g/mol. The first-order chi connectivity index (χ1) is 19.7. The Kier molecular flexibility index (Phi) is 25.1. The van der Waals surface area contributed by atoms with Crippen LogP contribution in [0.4, 0.5) is 0 Å². The number of ketones is 2. The highest BCUT2D eigenvalue weighted by Crippen LogP contribution is 2.18. The van der Waals surface area contributed by atoms with Crippen LogP contribution in [0.2, 0.25) is 0 Å². The fraction of sp³-hybridized carbons (Fsp3) is 0.844. The molecule has 0 aliphatic heterocycles. The molecule has 0 aromatic heterocycles. The highest BCUT2D eigenvalue weighted by atomic mass is 16.4. The molecule has 1 amide bonds. The van der Waals surface area contributed by atoms with E-state index in [1.807, 2.05) is 0 Å². The second kappa shape index (κ2) is 26.6. The molecule has 5 N–H and O–H groups in total. The molecular formula is C32H58N2O7. The van der Waals surface area contributed by atoms with Crippen molar-refractivity contribution in [2.24, 2.45) is 11.7 Å². The van der Waals surface area contributed by atoms with Gasteiger partial charge in [0.2, 0.25) is 5.91 Å². The SMILES string of the molecule is CCCCCNC(=O)[C@@H](N)CCCCCC(=O)CC[C@H](CC(=O)CCCCCCCCCCCCC(=O)O)C(=O)O. The Morgan fingerprint density at radius 1 is 0.610 bits per heavy atom. The Labute approximate surface area is 247 Å². The Morgan fingerprint density at radius 3 is 1.66 bits per heavy atom. The van der Waals surface area contributed by atoms with E-state index in [-0.39, 0.29) is 43.2 Å². The van der Waals surface area contributed by atoms with Crippen molar-refractivity contribution in [2.45, 2.75) is 161 Å². The summed E-state index contributed by atoms with van der Waals surface area (Å²) in [6, 6.07) is -0.527. The molecule has 0 unspecified atom stereocenters. The summed E-state index contributed by atoms with van der Waals surface area (Å²) in [5.74, 6) is -2.71. The van der Waals surface area contributed by atoms with Crippen molar-refractivity contribution < 1.29 is 34.2 Å². The number of hydrogen-bond donors (Lipinski definition) is 4. The molecule has 0 radical (unpaired) electrons. The Hall–Kier alpha value is -2.29. The first kappa shape index (κ1) is 38.7. The van der Waals surface area contributed by atoms with Crippen LogP contribution in [-0.4, -0.2) is 52.2 Å². The quantitative estimate of drug-likeness (QED) is 0.0712. The summed E-state index contributed by atoms with van der Waals surface area (Å²) in [6.07, 6.45) is 17.4. The van der Waals surface area contributed by atoms with Gasteiger partial charge >= 0.3 is 11.9 Å². The lowest BCUT2D eigenvalue weighted by atomic mass is 9.93. The zero-order valence-electron chi connectivity index (χ0n) is 25.6. The minimum Gasteiger partial charge on any atom is -0.481 e. The third-order valence-corrected chi connectivity index (χ3v) is 7.58. The Bertz CT molecular complexity index is 742. The molecule has 0 saturated carbocycles. The molecule has 41 heavy (non-hydrogen) atoms. The molecule has 0 spiro atoms. The van der Waals surface area contributed by atoms with Crippen molar-refractivity contribution in [1.82, 2.24) is 5.32 Å². The van der Waals surface area contributed by atoms with Crippen molar-refractivity contribution in [3.63, 3.8) is 0 Å². The maximum absolute atomic E-state index is 12.3. The summed E-state index contributed by atoms with van der Waals surface area (Å²) in [6.45, 7) is 2.76. The molecule has 9 heteroatoms. The first-order valence-electron chi connectivity index (χ1n) is 16.2. The van der Waals surface area contributed by atoms with Gasteiger partial charge < -0.3 is 21.3 Å². The van der Waals surface area contributed by atoms with Gasteiger partial charge in [-0.15, -0.1) is 0 Å². The first-order valence-corrected chi connectivity index (χ1v) is 16.2. The van der Waals surface area contributed by atoms with Crippen molar-refractivity contribution in [3.05, 3.63) is 0 Å². The summed E-state index contributed by atoms with van der Waals surface area (Å²) < 4.78 is 0. The summed E-state index contributed by atoms with van der Waals surface area (Å²) in [5, 5.41) is 21.0. The van der Waals surface area contributed by atoms with E-state index in [4.69, 9.17) is 10.8 Å². The summed E-state index contributed by atoms with van der Waals surface area (Å²) >= 11 is 0. The standard InChI is InChI=1S/C32H58N2O7/c1-2-3-17-24-34-31(39)29(33)20-15-12-14-18-27(35)23-22-26(32(40)41)25-28(36)19-13-10-8-6-4-5-7-9-11-16-21-30(37)38/h26,29H,2-25,33H2,1H3,(H,34,39)(H,37,38)(H,40,41)/t26-,29+/m1/s1. The van der Waals surface area contributed by atoms with E-state index in [2.05, 4.69) is 12.2 Å². The fourth-order valence-corrected chi connectivity index (χ4v) is 4.87.